The number of aromatic nitrogens is 2. The molecule has 32 heavy (non-hydrogen) atoms. The average molecular weight is 472 g/mol. The largest absolute Gasteiger partial charge is 0.476 e. The van der Waals surface area contributed by atoms with E-state index in [4.69, 9.17) is 33.7 Å². The lowest BCUT2D eigenvalue weighted by Gasteiger charge is -2.31. The standard InChI is InChI=1S/C23H23Cl2N5O2/c1-23(2)21(31)29-18-11-13(8-9-19(18)32-23)27-10-4-5-14-12-17(30-22(26)28-14)15-6-3-7-16(24)20(15)25/h3,6-9,11-12,27H,4-5,10H2,1-2H3,(H,29,31)(H2,26,28,30). The molecule has 0 bridgehead atoms. The van der Waals surface area contributed by atoms with Crippen LogP contribution in [0.15, 0.2) is 42.5 Å². The Morgan fingerprint density at radius 3 is 2.78 bits per heavy atom. The van der Waals surface area contributed by atoms with Gasteiger partial charge in [-0.3, -0.25) is 4.79 Å². The van der Waals surface area contributed by atoms with Gasteiger partial charge in [0.15, 0.2) is 5.60 Å². The van der Waals surface area contributed by atoms with Crippen LogP contribution in [0.2, 0.25) is 10.0 Å². The topological polar surface area (TPSA) is 102 Å². The molecule has 0 unspecified atom stereocenters. The lowest BCUT2D eigenvalue weighted by Crippen LogP contribution is -2.45. The predicted octanol–water partition coefficient (Wildman–Crippen LogP) is 5.19. The zero-order valence-corrected chi connectivity index (χ0v) is 19.2. The number of aryl methyl sites for hydroxylation is 1. The number of rotatable bonds is 6. The van der Waals surface area contributed by atoms with E-state index in [-0.39, 0.29) is 11.9 Å². The van der Waals surface area contributed by atoms with E-state index in [2.05, 4.69) is 20.6 Å². The zero-order chi connectivity index (χ0) is 22.9. The first-order valence-electron chi connectivity index (χ1n) is 10.2. The maximum atomic E-state index is 12.1. The van der Waals surface area contributed by atoms with E-state index in [1.165, 1.54) is 0 Å². The van der Waals surface area contributed by atoms with Crippen molar-refractivity contribution >= 4 is 46.4 Å². The van der Waals surface area contributed by atoms with Crippen LogP contribution in [-0.2, 0) is 11.2 Å². The second-order valence-corrected chi connectivity index (χ2v) is 8.80. The summed E-state index contributed by atoms with van der Waals surface area (Å²) in [6.45, 7) is 4.18. The van der Waals surface area contributed by atoms with Gasteiger partial charge in [-0.25, -0.2) is 9.97 Å². The van der Waals surface area contributed by atoms with Crippen molar-refractivity contribution in [3.63, 3.8) is 0 Å². The number of carbonyl (C=O) groups excluding carboxylic acids is 1. The number of fused-ring (bicyclic) bond motifs is 1. The smallest absolute Gasteiger partial charge is 0.268 e. The van der Waals surface area contributed by atoms with E-state index in [0.29, 0.717) is 45.7 Å². The highest BCUT2D eigenvalue weighted by molar-refractivity contribution is 6.43. The molecule has 0 aliphatic carbocycles. The van der Waals surface area contributed by atoms with E-state index >= 15 is 0 Å². The molecule has 0 atom stereocenters. The van der Waals surface area contributed by atoms with Crippen LogP contribution in [0.3, 0.4) is 0 Å². The van der Waals surface area contributed by atoms with Crippen molar-refractivity contribution in [3.8, 4) is 17.0 Å². The molecule has 7 nitrogen and oxygen atoms in total. The second kappa shape index (κ2) is 8.84. The van der Waals surface area contributed by atoms with Gasteiger partial charge in [0.25, 0.3) is 5.91 Å². The van der Waals surface area contributed by atoms with E-state index < -0.39 is 5.60 Å². The van der Waals surface area contributed by atoms with Gasteiger partial charge in [-0.2, -0.15) is 0 Å². The third-order valence-electron chi connectivity index (χ3n) is 5.10. The number of amides is 1. The molecule has 4 N–H and O–H groups in total. The fraction of sp³-hybridized carbons (Fsp3) is 0.261. The molecule has 3 aromatic rings. The van der Waals surface area contributed by atoms with Crippen molar-refractivity contribution in [1.29, 1.82) is 0 Å². The molecule has 1 aromatic heterocycles. The minimum Gasteiger partial charge on any atom is -0.476 e. The number of ether oxygens (including phenoxy) is 1. The molecule has 1 amide bonds. The van der Waals surface area contributed by atoms with Crippen LogP contribution in [0, 0.1) is 0 Å². The fourth-order valence-corrected chi connectivity index (χ4v) is 3.81. The summed E-state index contributed by atoms with van der Waals surface area (Å²) in [5, 5.41) is 7.14. The summed E-state index contributed by atoms with van der Waals surface area (Å²) in [7, 11) is 0. The highest BCUT2D eigenvalue weighted by Gasteiger charge is 2.35. The number of nitrogens with one attached hydrogen (secondary N) is 2. The first-order chi connectivity index (χ1) is 15.2. The van der Waals surface area contributed by atoms with Crippen LogP contribution in [0.25, 0.3) is 11.3 Å². The number of nitrogens with two attached hydrogens (primary N) is 1. The molecule has 2 heterocycles. The number of hydrogen-bond donors (Lipinski definition) is 3. The fourth-order valence-electron chi connectivity index (χ4n) is 3.41. The van der Waals surface area contributed by atoms with Crippen LogP contribution in [0.4, 0.5) is 17.3 Å². The number of anilines is 3. The number of benzene rings is 2. The van der Waals surface area contributed by atoms with Crippen LogP contribution in [0.1, 0.15) is 26.0 Å². The van der Waals surface area contributed by atoms with Crippen molar-refractivity contribution < 1.29 is 9.53 Å². The monoisotopic (exact) mass is 471 g/mol. The maximum absolute atomic E-state index is 12.1. The van der Waals surface area contributed by atoms with Gasteiger partial charge in [0, 0.05) is 23.5 Å². The summed E-state index contributed by atoms with van der Waals surface area (Å²) >= 11 is 12.4. The number of nitrogens with zero attached hydrogens (tertiary/aromatic N) is 2. The number of carbonyl (C=O) groups is 1. The Labute approximate surface area is 196 Å². The molecule has 1 aliphatic rings. The van der Waals surface area contributed by atoms with E-state index in [1.807, 2.05) is 36.4 Å². The maximum Gasteiger partial charge on any atom is 0.268 e. The third-order valence-corrected chi connectivity index (χ3v) is 5.92. The molecule has 9 heteroatoms. The minimum atomic E-state index is -0.879. The van der Waals surface area contributed by atoms with Crippen molar-refractivity contribution in [2.45, 2.75) is 32.3 Å². The Morgan fingerprint density at radius 1 is 1.16 bits per heavy atom. The summed E-state index contributed by atoms with van der Waals surface area (Å²) in [6, 6.07) is 12.9. The van der Waals surface area contributed by atoms with Gasteiger partial charge in [-0.05, 0) is 57.0 Å². The lowest BCUT2D eigenvalue weighted by atomic mass is 10.1. The molecule has 0 radical (unpaired) electrons. The molecule has 0 fully saturated rings. The van der Waals surface area contributed by atoms with Gasteiger partial charge in [-0.1, -0.05) is 35.3 Å². The van der Waals surface area contributed by atoms with Crippen LogP contribution in [0.5, 0.6) is 5.75 Å². The van der Waals surface area contributed by atoms with Crippen LogP contribution < -0.4 is 21.1 Å². The van der Waals surface area contributed by atoms with Crippen molar-refractivity contribution in [2.75, 3.05) is 22.9 Å². The average Bonchev–Trinajstić information content (AvgIpc) is 2.73. The van der Waals surface area contributed by atoms with Crippen molar-refractivity contribution in [2.24, 2.45) is 0 Å². The first-order valence-corrected chi connectivity index (χ1v) is 10.9. The van der Waals surface area contributed by atoms with E-state index in [1.54, 1.807) is 19.9 Å². The minimum absolute atomic E-state index is 0.167. The van der Waals surface area contributed by atoms with Crippen LogP contribution in [-0.4, -0.2) is 28.0 Å². The van der Waals surface area contributed by atoms with Gasteiger partial charge in [0.2, 0.25) is 5.95 Å². The number of hydrogen-bond acceptors (Lipinski definition) is 6. The van der Waals surface area contributed by atoms with E-state index in [0.717, 1.165) is 17.8 Å². The number of nitrogen functional groups attached to an aromatic ring is 1. The first kappa shape index (κ1) is 22.2. The van der Waals surface area contributed by atoms with Crippen molar-refractivity contribution in [3.05, 3.63) is 58.2 Å². The number of halogens is 2. The Hall–Kier alpha value is -3.03. The summed E-state index contributed by atoms with van der Waals surface area (Å²) in [4.78, 5) is 20.7. The lowest BCUT2D eigenvalue weighted by molar-refractivity contribution is -0.129. The Balaban J connectivity index is 1.39. The predicted molar refractivity (Wildman–Crippen MR) is 128 cm³/mol. The summed E-state index contributed by atoms with van der Waals surface area (Å²) < 4.78 is 5.76. The highest BCUT2D eigenvalue weighted by atomic mass is 35.5. The summed E-state index contributed by atoms with van der Waals surface area (Å²) in [5.74, 6) is 0.679. The second-order valence-electron chi connectivity index (χ2n) is 8.01. The van der Waals surface area contributed by atoms with Gasteiger partial charge in [-0.15, -0.1) is 0 Å². The molecule has 0 saturated carbocycles. The van der Waals surface area contributed by atoms with Gasteiger partial charge >= 0.3 is 0 Å². The summed E-state index contributed by atoms with van der Waals surface area (Å²) in [6.07, 6.45) is 1.51. The normalized spacial score (nSPS) is 14.3. The SMILES string of the molecule is CC1(C)Oc2ccc(NCCCc3cc(-c4cccc(Cl)c4Cl)nc(N)n3)cc2NC1=O. The van der Waals surface area contributed by atoms with Crippen molar-refractivity contribution in [1.82, 2.24) is 9.97 Å². The zero-order valence-electron chi connectivity index (χ0n) is 17.7. The molecular weight excluding hydrogens is 449 g/mol. The summed E-state index contributed by atoms with van der Waals surface area (Å²) in [5.41, 5.74) is 8.76. The quantitative estimate of drug-likeness (QED) is 0.427. The van der Waals surface area contributed by atoms with E-state index in [9.17, 15) is 4.79 Å². The Morgan fingerprint density at radius 2 is 1.97 bits per heavy atom. The molecule has 4 rings (SSSR count). The molecule has 2 aromatic carbocycles. The molecule has 166 valence electrons. The molecular formula is C23H23Cl2N5O2. The third kappa shape index (κ3) is 4.74. The molecule has 0 saturated heterocycles. The van der Waals surface area contributed by atoms with Crippen LogP contribution >= 0.6 is 23.2 Å². The van der Waals surface area contributed by atoms with Gasteiger partial charge < -0.3 is 21.1 Å². The Kier molecular flexibility index (Phi) is 6.13. The Bertz CT molecular complexity index is 1180. The van der Waals surface area contributed by atoms with Gasteiger partial charge in [0.05, 0.1) is 21.4 Å². The highest BCUT2D eigenvalue weighted by Crippen LogP contribution is 2.35. The molecule has 1 aliphatic heterocycles. The molecule has 0 spiro atoms. The van der Waals surface area contributed by atoms with Gasteiger partial charge in [0.1, 0.15) is 5.75 Å².